The summed E-state index contributed by atoms with van der Waals surface area (Å²) in [5.74, 6) is 0.668. The third-order valence-electron chi connectivity index (χ3n) is 5.53. The molecule has 1 fully saturated rings. The van der Waals surface area contributed by atoms with Crippen LogP contribution in [0.2, 0.25) is 0 Å². The molecule has 6 heteroatoms. The van der Waals surface area contributed by atoms with Crippen LogP contribution in [-0.2, 0) is 17.6 Å². The van der Waals surface area contributed by atoms with Crippen molar-refractivity contribution in [3.8, 4) is 5.75 Å². The number of thioether (sulfide) groups is 1. The zero-order chi connectivity index (χ0) is 20.2. The Bertz CT molecular complexity index is 802. The first-order valence-corrected chi connectivity index (χ1v) is 11.1. The molecule has 0 aromatic heterocycles. The van der Waals surface area contributed by atoms with Gasteiger partial charge in [-0.25, -0.2) is 0 Å². The molecule has 3 N–H and O–H groups in total. The number of rotatable bonds is 7. The minimum atomic E-state index is -0.514. The van der Waals surface area contributed by atoms with Crippen LogP contribution in [0.4, 0.5) is 0 Å². The zero-order valence-electron chi connectivity index (χ0n) is 16.4. The van der Waals surface area contributed by atoms with Crippen LogP contribution < -0.4 is 4.74 Å². The molecule has 0 spiro atoms. The number of hydrogen-bond acceptors (Lipinski definition) is 6. The molecule has 2 aromatic carbocycles. The Morgan fingerprint density at radius 2 is 1.97 bits per heavy atom. The molecule has 2 aliphatic heterocycles. The maximum Gasteiger partial charge on any atom is 0.125 e. The van der Waals surface area contributed by atoms with Gasteiger partial charge in [0.05, 0.1) is 31.5 Å². The van der Waals surface area contributed by atoms with Crippen LogP contribution >= 0.6 is 11.8 Å². The van der Waals surface area contributed by atoms with E-state index in [2.05, 4.69) is 36.4 Å². The molecule has 5 nitrogen and oxygen atoms in total. The summed E-state index contributed by atoms with van der Waals surface area (Å²) in [7, 11) is 0. The van der Waals surface area contributed by atoms with Crippen LogP contribution in [0.15, 0.2) is 47.4 Å². The molecule has 1 saturated heterocycles. The lowest BCUT2D eigenvalue weighted by Crippen LogP contribution is -2.33. The molecular weight excluding hydrogens is 388 g/mol. The van der Waals surface area contributed by atoms with Gasteiger partial charge in [0, 0.05) is 28.6 Å². The molecule has 156 valence electrons. The van der Waals surface area contributed by atoms with E-state index in [1.54, 1.807) is 0 Å². The first kappa shape index (κ1) is 20.7. The molecule has 4 atom stereocenters. The van der Waals surface area contributed by atoms with Crippen molar-refractivity contribution in [1.82, 2.24) is 0 Å². The predicted molar refractivity (Wildman–Crippen MR) is 112 cm³/mol. The van der Waals surface area contributed by atoms with Gasteiger partial charge in [0.25, 0.3) is 0 Å². The Balaban J connectivity index is 1.54. The lowest BCUT2D eigenvalue weighted by atomic mass is 9.93. The second-order valence-corrected chi connectivity index (χ2v) is 9.10. The summed E-state index contributed by atoms with van der Waals surface area (Å²) in [6.45, 7) is 0.0292. The quantitative estimate of drug-likeness (QED) is 0.644. The van der Waals surface area contributed by atoms with Gasteiger partial charge < -0.3 is 24.8 Å². The molecule has 4 unspecified atom stereocenters. The molecule has 2 aliphatic rings. The molecule has 0 radical (unpaired) electrons. The number of aliphatic hydroxyl groups is 3. The fourth-order valence-electron chi connectivity index (χ4n) is 4.20. The van der Waals surface area contributed by atoms with Gasteiger partial charge in [0.2, 0.25) is 0 Å². The Morgan fingerprint density at radius 1 is 1.10 bits per heavy atom. The Labute approximate surface area is 175 Å². The molecule has 29 heavy (non-hydrogen) atoms. The number of fused-ring (bicyclic) bond motifs is 1. The highest BCUT2D eigenvalue weighted by atomic mass is 32.2. The van der Waals surface area contributed by atoms with E-state index in [0.717, 1.165) is 18.4 Å². The SMILES string of the molecule is OCCOc1ccc(CC2Cc3ccccc3S2)cc1C1CC(O)CC(CO)O1. The maximum atomic E-state index is 10.2. The molecule has 0 saturated carbocycles. The summed E-state index contributed by atoms with van der Waals surface area (Å²) >= 11 is 1.93. The standard InChI is InChI=1S/C23H28O5S/c24-7-8-27-21-6-5-15(9-19-11-16-3-1-2-4-23(16)29-19)10-20(21)22-13-17(26)12-18(14-25)28-22/h1-6,10,17-19,22,24-26H,7-9,11-14H2. The van der Waals surface area contributed by atoms with Crippen molar-refractivity contribution in [2.75, 3.05) is 19.8 Å². The summed E-state index contributed by atoms with van der Waals surface area (Å²) in [5.41, 5.74) is 3.50. The van der Waals surface area contributed by atoms with Crippen LogP contribution in [0.3, 0.4) is 0 Å². The van der Waals surface area contributed by atoms with Gasteiger partial charge in [-0.1, -0.05) is 24.3 Å². The van der Waals surface area contributed by atoms with Crippen molar-refractivity contribution in [3.05, 3.63) is 59.2 Å². The number of hydrogen-bond donors (Lipinski definition) is 3. The lowest BCUT2D eigenvalue weighted by molar-refractivity contribution is -0.114. The molecule has 4 rings (SSSR count). The summed E-state index contributed by atoms with van der Waals surface area (Å²) in [6.07, 6.45) is 1.68. The van der Waals surface area contributed by atoms with E-state index in [1.807, 2.05) is 17.8 Å². The van der Waals surface area contributed by atoms with E-state index in [4.69, 9.17) is 14.6 Å². The van der Waals surface area contributed by atoms with Crippen molar-refractivity contribution in [2.45, 2.75) is 54.1 Å². The first-order chi connectivity index (χ1) is 14.2. The summed E-state index contributed by atoms with van der Waals surface area (Å²) in [4.78, 5) is 1.37. The smallest absolute Gasteiger partial charge is 0.125 e. The third-order valence-corrected chi connectivity index (χ3v) is 6.85. The monoisotopic (exact) mass is 416 g/mol. The summed E-state index contributed by atoms with van der Waals surface area (Å²) in [6, 6.07) is 14.7. The predicted octanol–water partition coefficient (Wildman–Crippen LogP) is 2.89. The molecule has 0 aliphatic carbocycles. The number of aliphatic hydroxyl groups excluding tert-OH is 3. The average molecular weight is 417 g/mol. The van der Waals surface area contributed by atoms with Gasteiger partial charge in [-0.3, -0.25) is 0 Å². The van der Waals surface area contributed by atoms with E-state index >= 15 is 0 Å². The minimum Gasteiger partial charge on any atom is -0.491 e. The molecule has 0 amide bonds. The highest BCUT2D eigenvalue weighted by Crippen LogP contribution is 2.40. The van der Waals surface area contributed by atoms with Crippen LogP contribution in [-0.4, -0.2) is 52.6 Å². The molecule has 2 heterocycles. The lowest BCUT2D eigenvalue weighted by Gasteiger charge is -2.33. The molecule has 0 bridgehead atoms. The van der Waals surface area contributed by atoms with Crippen LogP contribution in [0.25, 0.3) is 0 Å². The van der Waals surface area contributed by atoms with Gasteiger partial charge in [0.15, 0.2) is 0 Å². The van der Waals surface area contributed by atoms with E-state index < -0.39 is 6.10 Å². The van der Waals surface area contributed by atoms with Gasteiger partial charge >= 0.3 is 0 Å². The average Bonchev–Trinajstić information content (AvgIpc) is 3.14. The molecule has 2 aromatic rings. The Hall–Kier alpha value is -1.57. The van der Waals surface area contributed by atoms with Crippen LogP contribution in [0.5, 0.6) is 5.75 Å². The van der Waals surface area contributed by atoms with E-state index in [9.17, 15) is 10.2 Å². The van der Waals surface area contributed by atoms with Crippen LogP contribution in [0, 0.1) is 0 Å². The van der Waals surface area contributed by atoms with E-state index in [1.165, 1.54) is 16.0 Å². The van der Waals surface area contributed by atoms with Crippen molar-refractivity contribution in [2.24, 2.45) is 0 Å². The van der Waals surface area contributed by atoms with Crippen molar-refractivity contribution < 1.29 is 24.8 Å². The second kappa shape index (κ2) is 9.49. The van der Waals surface area contributed by atoms with Gasteiger partial charge in [0.1, 0.15) is 12.4 Å². The van der Waals surface area contributed by atoms with Crippen molar-refractivity contribution in [3.63, 3.8) is 0 Å². The number of benzene rings is 2. The van der Waals surface area contributed by atoms with Gasteiger partial charge in [-0.15, -0.1) is 11.8 Å². The summed E-state index contributed by atoms with van der Waals surface area (Å²) < 4.78 is 11.8. The number of ether oxygens (including phenoxy) is 2. The summed E-state index contributed by atoms with van der Waals surface area (Å²) in [5, 5.41) is 29.4. The van der Waals surface area contributed by atoms with Crippen LogP contribution in [0.1, 0.15) is 35.6 Å². The largest absolute Gasteiger partial charge is 0.491 e. The van der Waals surface area contributed by atoms with Crippen molar-refractivity contribution in [1.29, 1.82) is 0 Å². The van der Waals surface area contributed by atoms with E-state index in [-0.39, 0.29) is 32.0 Å². The maximum absolute atomic E-state index is 10.2. The van der Waals surface area contributed by atoms with Gasteiger partial charge in [-0.05, 0) is 42.2 Å². The minimum absolute atomic E-state index is 0.0639. The normalized spacial score (nSPS) is 26.3. The Morgan fingerprint density at radius 3 is 2.76 bits per heavy atom. The highest BCUT2D eigenvalue weighted by Gasteiger charge is 2.31. The first-order valence-electron chi connectivity index (χ1n) is 10.2. The zero-order valence-corrected chi connectivity index (χ0v) is 17.2. The van der Waals surface area contributed by atoms with Crippen molar-refractivity contribution >= 4 is 11.8 Å². The van der Waals surface area contributed by atoms with E-state index in [0.29, 0.717) is 23.8 Å². The topological polar surface area (TPSA) is 79.2 Å². The van der Waals surface area contributed by atoms with Gasteiger partial charge in [-0.2, -0.15) is 0 Å². The molecular formula is C23H28O5S. The second-order valence-electron chi connectivity index (χ2n) is 7.75. The third kappa shape index (κ3) is 4.95. The fraction of sp³-hybridized carbons (Fsp3) is 0.478. The Kier molecular flexibility index (Phi) is 6.77. The fourth-order valence-corrected chi connectivity index (χ4v) is 5.56. The highest BCUT2D eigenvalue weighted by molar-refractivity contribution is 8.00.